The third-order valence-corrected chi connectivity index (χ3v) is 2.62. The van der Waals surface area contributed by atoms with Crippen LogP contribution < -0.4 is 10.8 Å². The highest BCUT2D eigenvalue weighted by Gasteiger charge is 2.41. The molecule has 0 aliphatic carbocycles. The molecule has 0 aromatic rings. The number of urea groups is 1. The third kappa shape index (κ3) is 1.76. The van der Waals surface area contributed by atoms with Crippen LogP contribution in [0.2, 0.25) is 0 Å². The lowest BCUT2D eigenvalue weighted by molar-refractivity contribution is 0.0902. The fraction of sp³-hybridized carbons (Fsp3) is 0.875. The SMILES string of the molecule is CONC(=O)N[C@H]1CC2CCC1O2. The molecule has 2 rings (SSSR count). The summed E-state index contributed by atoms with van der Waals surface area (Å²) in [5, 5.41) is 2.81. The molecule has 2 aliphatic heterocycles. The summed E-state index contributed by atoms with van der Waals surface area (Å²) in [6.07, 6.45) is 3.70. The van der Waals surface area contributed by atoms with E-state index in [1.165, 1.54) is 7.11 Å². The second-order valence-electron chi connectivity index (χ2n) is 3.50. The second-order valence-corrected chi connectivity index (χ2v) is 3.50. The molecule has 13 heavy (non-hydrogen) atoms. The van der Waals surface area contributed by atoms with Crippen molar-refractivity contribution in [3.8, 4) is 0 Å². The first-order valence-electron chi connectivity index (χ1n) is 4.54. The van der Waals surface area contributed by atoms with E-state index in [2.05, 4.69) is 15.6 Å². The third-order valence-electron chi connectivity index (χ3n) is 2.62. The van der Waals surface area contributed by atoms with Crippen molar-refractivity contribution in [3.63, 3.8) is 0 Å². The van der Waals surface area contributed by atoms with Crippen molar-refractivity contribution in [2.45, 2.75) is 37.5 Å². The summed E-state index contributed by atoms with van der Waals surface area (Å²) in [5.41, 5.74) is 2.23. The van der Waals surface area contributed by atoms with E-state index in [0.717, 1.165) is 19.3 Å². The zero-order valence-corrected chi connectivity index (χ0v) is 7.58. The molecule has 2 heterocycles. The highest BCUT2D eigenvalue weighted by Crippen LogP contribution is 2.34. The molecule has 0 aromatic carbocycles. The van der Waals surface area contributed by atoms with Gasteiger partial charge in [0.05, 0.1) is 25.4 Å². The van der Waals surface area contributed by atoms with Crippen LogP contribution in [-0.4, -0.2) is 31.4 Å². The van der Waals surface area contributed by atoms with Gasteiger partial charge in [0.25, 0.3) is 0 Å². The van der Waals surface area contributed by atoms with Gasteiger partial charge in [-0.05, 0) is 19.3 Å². The Labute approximate surface area is 76.7 Å². The number of ether oxygens (including phenoxy) is 1. The molecule has 2 saturated heterocycles. The minimum absolute atomic E-state index is 0.161. The Bertz CT molecular complexity index is 210. The molecule has 0 radical (unpaired) electrons. The Hall–Kier alpha value is -0.810. The molecule has 2 fully saturated rings. The largest absolute Gasteiger partial charge is 0.373 e. The summed E-state index contributed by atoms with van der Waals surface area (Å²) in [4.78, 5) is 15.6. The van der Waals surface area contributed by atoms with E-state index in [4.69, 9.17) is 4.74 Å². The molecule has 3 atom stereocenters. The lowest BCUT2D eigenvalue weighted by Crippen LogP contribution is -2.46. The molecule has 0 spiro atoms. The van der Waals surface area contributed by atoms with Crippen LogP contribution in [0.4, 0.5) is 4.79 Å². The van der Waals surface area contributed by atoms with Gasteiger partial charge in [-0.2, -0.15) is 0 Å². The van der Waals surface area contributed by atoms with Crippen LogP contribution in [0.5, 0.6) is 0 Å². The van der Waals surface area contributed by atoms with Gasteiger partial charge in [0.2, 0.25) is 0 Å². The van der Waals surface area contributed by atoms with Gasteiger partial charge in [0, 0.05) is 0 Å². The molecule has 5 nitrogen and oxygen atoms in total. The van der Waals surface area contributed by atoms with Crippen molar-refractivity contribution in [1.82, 2.24) is 10.8 Å². The molecule has 5 heteroatoms. The summed E-state index contributed by atoms with van der Waals surface area (Å²) in [6, 6.07) is -0.127. The highest BCUT2D eigenvalue weighted by atomic mass is 16.6. The van der Waals surface area contributed by atoms with Crippen molar-refractivity contribution in [2.24, 2.45) is 0 Å². The molecule has 2 bridgehead atoms. The first kappa shape index (κ1) is 8.77. The van der Waals surface area contributed by atoms with E-state index >= 15 is 0 Å². The molecular formula is C8H14N2O3. The van der Waals surface area contributed by atoms with E-state index in [1.807, 2.05) is 0 Å². The maximum atomic E-state index is 11.1. The van der Waals surface area contributed by atoms with Crippen LogP contribution in [0.3, 0.4) is 0 Å². The number of hydrogen-bond donors (Lipinski definition) is 2. The zero-order chi connectivity index (χ0) is 9.26. The quantitative estimate of drug-likeness (QED) is 0.604. The molecule has 2 unspecified atom stereocenters. The molecular weight excluding hydrogens is 172 g/mol. The number of amides is 2. The van der Waals surface area contributed by atoms with Crippen molar-refractivity contribution in [3.05, 3.63) is 0 Å². The average molecular weight is 186 g/mol. The number of hydroxylamine groups is 1. The minimum atomic E-state index is -0.288. The molecule has 2 aliphatic rings. The van der Waals surface area contributed by atoms with Crippen LogP contribution in [0.1, 0.15) is 19.3 Å². The van der Waals surface area contributed by atoms with Crippen LogP contribution in [0.15, 0.2) is 0 Å². The molecule has 0 saturated carbocycles. The molecule has 0 aromatic heterocycles. The summed E-state index contributed by atoms with van der Waals surface area (Å²) in [7, 11) is 1.41. The van der Waals surface area contributed by atoms with E-state index in [1.54, 1.807) is 0 Å². The van der Waals surface area contributed by atoms with Gasteiger partial charge < -0.3 is 10.1 Å². The predicted molar refractivity (Wildman–Crippen MR) is 45.0 cm³/mol. The Balaban J connectivity index is 1.79. The summed E-state index contributed by atoms with van der Waals surface area (Å²) >= 11 is 0. The zero-order valence-electron chi connectivity index (χ0n) is 7.58. The van der Waals surface area contributed by atoms with E-state index in [9.17, 15) is 4.79 Å². The number of carbonyl (C=O) groups is 1. The number of hydrogen-bond acceptors (Lipinski definition) is 3. The highest BCUT2D eigenvalue weighted by molar-refractivity contribution is 5.73. The van der Waals surface area contributed by atoms with Crippen LogP contribution in [-0.2, 0) is 9.57 Å². The maximum Gasteiger partial charge on any atom is 0.339 e. The van der Waals surface area contributed by atoms with E-state index in [-0.39, 0.29) is 18.2 Å². The number of nitrogens with one attached hydrogen (secondary N) is 2. The Morgan fingerprint density at radius 3 is 2.92 bits per heavy atom. The van der Waals surface area contributed by atoms with Gasteiger partial charge in [-0.15, -0.1) is 0 Å². The Kier molecular flexibility index (Phi) is 2.37. The minimum Gasteiger partial charge on any atom is -0.373 e. The van der Waals surface area contributed by atoms with Crippen molar-refractivity contribution < 1.29 is 14.4 Å². The van der Waals surface area contributed by atoms with E-state index in [0.29, 0.717) is 6.10 Å². The normalized spacial score (nSPS) is 36.2. The van der Waals surface area contributed by atoms with Gasteiger partial charge in [-0.25, -0.2) is 10.3 Å². The first-order chi connectivity index (χ1) is 6.29. The Morgan fingerprint density at radius 2 is 2.38 bits per heavy atom. The fourth-order valence-electron chi connectivity index (χ4n) is 2.08. The van der Waals surface area contributed by atoms with Gasteiger partial charge in [0.15, 0.2) is 0 Å². The van der Waals surface area contributed by atoms with Crippen LogP contribution >= 0.6 is 0 Å². The van der Waals surface area contributed by atoms with Crippen molar-refractivity contribution in [2.75, 3.05) is 7.11 Å². The summed E-state index contributed by atoms with van der Waals surface area (Å²) < 4.78 is 5.58. The smallest absolute Gasteiger partial charge is 0.339 e. The molecule has 2 N–H and O–H groups in total. The number of carbonyl (C=O) groups excluding carboxylic acids is 1. The van der Waals surface area contributed by atoms with Gasteiger partial charge in [-0.3, -0.25) is 4.84 Å². The fourth-order valence-corrected chi connectivity index (χ4v) is 2.08. The van der Waals surface area contributed by atoms with Crippen LogP contribution in [0, 0.1) is 0 Å². The lowest BCUT2D eigenvalue weighted by atomic mass is 9.96. The van der Waals surface area contributed by atoms with Gasteiger partial charge in [-0.1, -0.05) is 0 Å². The summed E-state index contributed by atoms with van der Waals surface area (Å²) in [5.74, 6) is 0. The van der Waals surface area contributed by atoms with Crippen molar-refractivity contribution in [1.29, 1.82) is 0 Å². The monoisotopic (exact) mass is 186 g/mol. The number of rotatable bonds is 2. The average Bonchev–Trinajstić information content (AvgIpc) is 2.65. The Morgan fingerprint density at radius 1 is 1.54 bits per heavy atom. The second kappa shape index (κ2) is 3.51. The topological polar surface area (TPSA) is 59.6 Å². The predicted octanol–water partition coefficient (Wildman–Crippen LogP) is 0.167. The maximum absolute atomic E-state index is 11.1. The first-order valence-corrected chi connectivity index (χ1v) is 4.54. The standard InChI is InChI=1S/C8H14N2O3/c1-12-10-8(11)9-6-4-5-2-3-7(6)13-5/h5-7H,2-4H2,1H3,(H2,9,10,11)/t5?,6-,7?/m0/s1. The van der Waals surface area contributed by atoms with Crippen LogP contribution in [0.25, 0.3) is 0 Å². The summed E-state index contributed by atoms with van der Waals surface area (Å²) in [6.45, 7) is 0. The van der Waals surface area contributed by atoms with Gasteiger partial charge in [0.1, 0.15) is 0 Å². The molecule has 2 amide bonds. The lowest BCUT2D eigenvalue weighted by Gasteiger charge is -2.19. The van der Waals surface area contributed by atoms with Gasteiger partial charge >= 0.3 is 6.03 Å². The van der Waals surface area contributed by atoms with Crippen molar-refractivity contribution >= 4 is 6.03 Å². The van der Waals surface area contributed by atoms with E-state index < -0.39 is 0 Å². The molecule has 74 valence electrons. The number of fused-ring (bicyclic) bond motifs is 2.